The van der Waals surface area contributed by atoms with E-state index in [0.717, 1.165) is 17.0 Å². The molecule has 0 saturated carbocycles. The second kappa shape index (κ2) is 7.25. The van der Waals surface area contributed by atoms with E-state index in [4.69, 9.17) is 9.47 Å². The Bertz CT molecular complexity index is 902. The molecule has 1 amide bonds. The van der Waals surface area contributed by atoms with Crippen molar-refractivity contribution in [2.24, 2.45) is 0 Å². The first-order valence-corrected chi connectivity index (χ1v) is 8.06. The highest BCUT2D eigenvalue weighted by atomic mass is 16.5. The smallest absolute Gasteiger partial charge is 0.251 e. The van der Waals surface area contributed by atoms with E-state index in [2.05, 4.69) is 10.3 Å². The molecule has 0 fully saturated rings. The lowest BCUT2D eigenvalue weighted by molar-refractivity contribution is 0.0953. The van der Waals surface area contributed by atoms with Gasteiger partial charge in [-0.05, 0) is 37.3 Å². The number of methoxy groups -OCH3 is 2. The van der Waals surface area contributed by atoms with E-state index >= 15 is 0 Å². The fraction of sp³-hybridized carbons (Fsp3) is 0.263. The Morgan fingerprint density at radius 3 is 2.68 bits per heavy atom. The van der Waals surface area contributed by atoms with E-state index in [0.29, 0.717) is 30.0 Å². The number of aryl methyl sites for hydroxylation is 1. The number of nitrogens with one attached hydrogen (secondary N) is 1. The minimum Gasteiger partial charge on any atom is -0.493 e. The fourth-order valence-corrected chi connectivity index (χ4v) is 2.70. The number of aromatic nitrogens is 2. The Hall–Kier alpha value is -3.02. The monoisotopic (exact) mass is 339 g/mol. The Morgan fingerprint density at radius 1 is 1.16 bits per heavy atom. The fourth-order valence-electron chi connectivity index (χ4n) is 2.70. The lowest BCUT2D eigenvalue weighted by atomic mass is 10.2. The van der Waals surface area contributed by atoms with Gasteiger partial charge in [-0.25, -0.2) is 4.98 Å². The molecule has 6 heteroatoms. The third-order valence-corrected chi connectivity index (χ3v) is 4.06. The van der Waals surface area contributed by atoms with Crippen LogP contribution >= 0.6 is 0 Å². The summed E-state index contributed by atoms with van der Waals surface area (Å²) < 4.78 is 12.5. The number of carbonyl (C=O) groups is 1. The second-order valence-corrected chi connectivity index (χ2v) is 5.70. The number of amides is 1. The molecule has 0 saturated heterocycles. The van der Waals surface area contributed by atoms with Gasteiger partial charge in [0.05, 0.1) is 19.9 Å². The number of hydrogen-bond acceptors (Lipinski definition) is 4. The van der Waals surface area contributed by atoms with Gasteiger partial charge >= 0.3 is 0 Å². The molecule has 0 unspecified atom stereocenters. The van der Waals surface area contributed by atoms with E-state index in [1.807, 2.05) is 35.7 Å². The average Bonchev–Trinajstić information content (AvgIpc) is 3.05. The summed E-state index contributed by atoms with van der Waals surface area (Å²) in [5.41, 5.74) is 3.53. The second-order valence-electron chi connectivity index (χ2n) is 5.70. The van der Waals surface area contributed by atoms with Gasteiger partial charge in [0.15, 0.2) is 11.5 Å². The third kappa shape index (κ3) is 3.57. The maximum Gasteiger partial charge on any atom is 0.251 e. The number of rotatable bonds is 6. The largest absolute Gasteiger partial charge is 0.493 e. The predicted molar refractivity (Wildman–Crippen MR) is 95.5 cm³/mol. The van der Waals surface area contributed by atoms with Crippen molar-refractivity contribution in [3.63, 3.8) is 0 Å². The summed E-state index contributed by atoms with van der Waals surface area (Å²) in [7, 11) is 3.11. The number of hydrogen-bond donors (Lipinski definition) is 1. The molecule has 0 aliphatic rings. The van der Waals surface area contributed by atoms with Crippen LogP contribution in [0.3, 0.4) is 0 Å². The highest BCUT2D eigenvalue weighted by molar-refractivity contribution is 5.94. The molecule has 0 radical (unpaired) electrons. The minimum atomic E-state index is -0.152. The number of ether oxygens (including phenoxy) is 2. The number of benzene rings is 1. The molecule has 2 heterocycles. The van der Waals surface area contributed by atoms with Crippen LogP contribution in [0.4, 0.5) is 0 Å². The summed E-state index contributed by atoms with van der Waals surface area (Å²) in [5, 5.41) is 2.91. The maximum atomic E-state index is 12.3. The van der Waals surface area contributed by atoms with Crippen LogP contribution in [-0.2, 0) is 6.42 Å². The van der Waals surface area contributed by atoms with E-state index in [-0.39, 0.29) is 5.91 Å². The first kappa shape index (κ1) is 16.8. The molecule has 2 aromatic heterocycles. The summed E-state index contributed by atoms with van der Waals surface area (Å²) in [5.74, 6) is 0.978. The van der Waals surface area contributed by atoms with Gasteiger partial charge in [0.1, 0.15) is 5.65 Å². The summed E-state index contributed by atoms with van der Waals surface area (Å²) in [6.07, 6.45) is 2.67. The van der Waals surface area contributed by atoms with Crippen molar-refractivity contribution in [3.05, 3.63) is 59.5 Å². The Labute approximate surface area is 146 Å². The normalized spacial score (nSPS) is 10.7. The number of pyridine rings is 1. The maximum absolute atomic E-state index is 12.3. The van der Waals surface area contributed by atoms with Gasteiger partial charge in [-0.15, -0.1) is 0 Å². The molecule has 0 aliphatic carbocycles. The molecule has 1 N–H and O–H groups in total. The van der Waals surface area contributed by atoms with E-state index in [1.54, 1.807) is 32.4 Å². The summed E-state index contributed by atoms with van der Waals surface area (Å²) in [6.45, 7) is 2.55. The lowest BCUT2D eigenvalue weighted by Gasteiger charge is -2.09. The molecule has 0 aliphatic heterocycles. The van der Waals surface area contributed by atoms with Crippen LogP contribution in [0.25, 0.3) is 5.65 Å². The SMILES string of the molecule is COc1ccc(C(=O)NCCc2cn3c(C)cccc3n2)cc1OC. The van der Waals surface area contributed by atoms with Crippen molar-refractivity contribution in [2.45, 2.75) is 13.3 Å². The van der Waals surface area contributed by atoms with Gasteiger partial charge in [-0.1, -0.05) is 6.07 Å². The quantitative estimate of drug-likeness (QED) is 0.750. The molecular weight excluding hydrogens is 318 g/mol. The molecule has 3 aromatic rings. The van der Waals surface area contributed by atoms with Gasteiger partial charge in [0, 0.05) is 30.4 Å². The Balaban J connectivity index is 1.63. The van der Waals surface area contributed by atoms with Crippen molar-refractivity contribution in [1.29, 1.82) is 0 Å². The zero-order chi connectivity index (χ0) is 17.8. The topological polar surface area (TPSA) is 64.9 Å². The van der Waals surface area contributed by atoms with Gasteiger partial charge in [-0.3, -0.25) is 4.79 Å². The number of carbonyl (C=O) groups excluding carboxylic acids is 1. The Morgan fingerprint density at radius 2 is 1.96 bits per heavy atom. The molecule has 130 valence electrons. The lowest BCUT2D eigenvalue weighted by Crippen LogP contribution is -2.25. The molecule has 1 aromatic carbocycles. The van der Waals surface area contributed by atoms with Gasteiger partial charge in [-0.2, -0.15) is 0 Å². The zero-order valence-corrected chi connectivity index (χ0v) is 14.6. The first-order valence-electron chi connectivity index (χ1n) is 8.06. The zero-order valence-electron chi connectivity index (χ0n) is 14.6. The van der Waals surface area contributed by atoms with Gasteiger partial charge < -0.3 is 19.2 Å². The molecule has 3 rings (SSSR count). The van der Waals surface area contributed by atoms with E-state index in [1.165, 1.54) is 0 Å². The van der Waals surface area contributed by atoms with Crippen LogP contribution in [0, 0.1) is 6.92 Å². The first-order chi connectivity index (χ1) is 12.1. The van der Waals surface area contributed by atoms with Crippen LogP contribution in [-0.4, -0.2) is 36.1 Å². The van der Waals surface area contributed by atoms with E-state index < -0.39 is 0 Å². The van der Waals surface area contributed by atoms with Crippen LogP contribution in [0.2, 0.25) is 0 Å². The molecule has 0 atom stereocenters. The number of imidazole rings is 1. The molecule has 0 bridgehead atoms. The Kier molecular flexibility index (Phi) is 4.88. The van der Waals surface area contributed by atoms with Crippen molar-refractivity contribution in [1.82, 2.24) is 14.7 Å². The highest BCUT2D eigenvalue weighted by Crippen LogP contribution is 2.27. The molecule has 6 nitrogen and oxygen atoms in total. The number of fused-ring (bicyclic) bond motifs is 1. The molecule has 25 heavy (non-hydrogen) atoms. The van der Waals surface area contributed by atoms with Crippen molar-refractivity contribution in [3.8, 4) is 11.5 Å². The number of nitrogens with zero attached hydrogens (tertiary/aromatic N) is 2. The van der Waals surface area contributed by atoms with Crippen molar-refractivity contribution >= 4 is 11.6 Å². The van der Waals surface area contributed by atoms with Crippen LogP contribution in [0.5, 0.6) is 11.5 Å². The summed E-state index contributed by atoms with van der Waals surface area (Å²) in [4.78, 5) is 16.9. The van der Waals surface area contributed by atoms with Gasteiger partial charge in [0.25, 0.3) is 5.91 Å². The summed E-state index contributed by atoms with van der Waals surface area (Å²) >= 11 is 0. The van der Waals surface area contributed by atoms with Crippen LogP contribution < -0.4 is 14.8 Å². The summed E-state index contributed by atoms with van der Waals surface area (Å²) in [6, 6.07) is 11.1. The molecular formula is C19H21N3O3. The van der Waals surface area contributed by atoms with Gasteiger partial charge in [0.2, 0.25) is 0 Å². The predicted octanol–water partition coefficient (Wildman–Crippen LogP) is 2.63. The average molecular weight is 339 g/mol. The highest BCUT2D eigenvalue weighted by Gasteiger charge is 2.11. The van der Waals surface area contributed by atoms with E-state index in [9.17, 15) is 4.79 Å². The molecule has 0 spiro atoms. The van der Waals surface area contributed by atoms with Crippen LogP contribution in [0.15, 0.2) is 42.6 Å². The van der Waals surface area contributed by atoms with Crippen molar-refractivity contribution < 1.29 is 14.3 Å². The van der Waals surface area contributed by atoms with Crippen molar-refractivity contribution in [2.75, 3.05) is 20.8 Å². The third-order valence-electron chi connectivity index (χ3n) is 4.06. The standard InChI is InChI=1S/C19H21N3O3/c1-13-5-4-6-18-21-15(12-22(13)18)9-10-20-19(23)14-7-8-16(24-2)17(11-14)25-3/h4-8,11-12H,9-10H2,1-3H3,(H,20,23). The minimum absolute atomic E-state index is 0.152. The van der Waals surface area contributed by atoms with Crippen LogP contribution in [0.1, 0.15) is 21.7 Å².